The first-order valence-corrected chi connectivity index (χ1v) is 9.22. The van der Waals surface area contributed by atoms with Gasteiger partial charge in [-0.05, 0) is 55.5 Å². The molecule has 0 heterocycles. The van der Waals surface area contributed by atoms with E-state index in [9.17, 15) is 14.4 Å². The van der Waals surface area contributed by atoms with Gasteiger partial charge in [0.05, 0.1) is 12.7 Å². The zero-order valence-corrected chi connectivity index (χ0v) is 16.3. The Labute approximate surface area is 166 Å². The maximum Gasteiger partial charge on any atom is 0.337 e. The van der Waals surface area contributed by atoms with Crippen LogP contribution in [-0.2, 0) is 19.1 Å². The number of ether oxygens (including phenoxy) is 2. The normalized spacial score (nSPS) is 11.4. The molecule has 1 atom stereocenters. The number of halogens is 1. The maximum atomic E-state index is 12.0. The smallest absolute Gasteiger partial charge is 0.337 e. The molecular weight excluding hydrogens is 390 g/mol. The van der Waals surface area contributed by atoms with Crippen LogP contribution in [0.2, 0.25) is 5.02 Å². The third kappa shape index (κ3) is 6.62. The molecule has 0 aliphatic rings. The van der Waals surface area contributed by atoms with Gasteiger partial charge in [-0.2, -0.15) is 0 Å². The number of methoxy groups -OCH3 is 1. The number of amides is 1. The highest BCUT2D eigenvalue weighted by Crippen LogP contribution is 2.25. The zero-order valence-electron chi connectivity index (χ0n) is 14.7. The van der Waals surface area contributed by atoms with E-state index in [-0.39, 0.29) is 0 Å². The molecular formula is C19H18ClNO5S. The third-order valence-electron chi connectivity index (χ3n) is 3.39. The summed E-state index contributed by atoms with van der Waals surface area (Å²) in [5.41, 5.74) is 0.849. The Balaban J connectivity index is 1.79. The van der Waals surface area contributed by atoms with Crippen molar-refractivity contribution in [3.05, 3.63) is 59.1 Å². The van der Waals surface area contributed by atoms with Crippen LogP contribution in [0.25, 0.3) is 0 Å². The van der Waals surface area contributed by atoms with E-state index in [1.807, 2.05) is 12.1 Å². The van der Waals surface area contributed by atoms with E-state index in [4.69, 9.17) is 16.3 Å². The zero-order chi connectivity index (χ0) is 19.8. The minimum atomic E-state index is -0.494. The summed E-state index contributed by atoms with van der Waals surface area (Å²) in [7, 11) is 1.29. The molecule has 8 heteroatoms. The molecule has 2 aromatic carbocycles. The maximum absolute atomic E-state index is 12.0. The molecule has 6 nitrogen and oxygen atoms in total. The van der Waals surface area contributed by atoms with Crippen molar-refractivity contribution in [1.82, 2.24) is 0 Å². The van der Waals surface area contributed by atoms with Crippen LogP contribution in [0.3, 0.4) is 0 Å². The van der Waals surface area contributed by atoms with Gasteiger partial charge in [-0.25, -0.2) is 4.79 Å². The summed E-state index contributed by atoms with van der Waals surface area (Å²) < 4.78 is 9.64. The summed E-state index contributed by atoms with van der Waals surface area (Å²) in [4.78, 5) is 36.2. The van der Waals surface area contributed by atoms with Crippen molar-refractivity contribution in [3.63, 3.8) is 0 Å². The number of esters is 2. The van der Waals surface area contributed by atoms with Crippen molar-refractivity contribution in [3.8, 4) is 0 Å². The fourth-order valence-corrected chi connectivity index (χ4v) is 3.02. The molecule has 142 valence electrons. The first-order valence-electron chi connectivity index (χ1n) is 7.96. The van der Waals surface area contributed by atoms with Crippen LogP contribution in [0.1, 0.15) is 17.3 Å². The van der Waals surface area contributed by atoms with Gasteiger partial charge < -0.3 is 14.8 Å². The van der Waals surface area contributed by atoms with E-state index in [1.54, 1.807) is 31.2 Å². The fourth-order valence-electron chi connectivity index (χ4n) is 2.02. The van der Waals surface area contributed by atoms with E-state index < -0.39 is 29.7 Å². The molecule has 0 saturated heterocycles. The average molecular weight is 408 g/mol. The molecule has 0 spiro atoms. The summed E-state index contributed by atoms with van der Waals surface area (Å²) in [5, 5.41) is 2.73. The summed E-state index contributed by atoms with van der Waals surface area (Å²) in [5.74, 6) is -1.43. The first kappa shape index (κ1) is 20.8. The first-order chi connectivity index (χ1) is 12.9. The van der Waals surface area contributed by atoms with Gasteiger partial charge in [-0.15, -0.1) is 11.8 Å². The van der Waals surface area contributed by atoms with Crippen LogP contribution in [0.5, 0.6) is 0 Å². The predicted octanol–water partition coefficient (Wildman–Crippen LogP) is 3.79. The lowest BCUT2D eigenvalue weighted by atomic mass is 10.2. The minimum absolute atomic E-state index is 0.370. The molecule has 0 fully saturated rings. The molecule has 0 saturated carbocycles. The van der Waals surface area contributed by atoms with Gasteiger partial charge in [0, 0.05) is 15.6 Å². The Bertz CT molecular complexity index is 808. The van der Waals surface area contributed by atoms with E-state index in [0.717, 1.165) is 4.90 Å². The number of hydrogen-bond donors (Lipinski definition) is 1. The average Bonchev–Trinajstić information content (AvgIpc) is 2.67. The van der Waals surface area contributed by atoms with Crippen LogP contribution in [-0.4, -0.2) is 36.8 Å². The number of anilines is 1. The highest BCUT2D eigenvalue weighted by atomic mass is 35.5. The van der Waals surface area contributed by atoms with Crippen molar-refractivity contribution in [2.24, 2.45) is 0 Å². The summed E-state index contributed by atoms with van der Waals surface area (Å²) in [6, 6.07) is 13.3. The summed E-state index contributed by atoms with van der Waals surface area (Å²) >= 11 is 7.14. The van der Waals surface area contributed by atoms with Gasteiger partial charge in [0.15, 0.2) is 6.61 Å². The van der Waals surface area contributed by atoms with Crippen LogP contribution >= 0.6 is 23.4 Å². The standard InChI is InChI=1S/C19H18ClNO5S/c1-12(27-16-9-5-14(20)6-10-16)18(23)26-11-17(22)21-15-7-3-13(4-8-15)19(24)25-2/h3-10,12H,11H2,1-2H3,(H,21,22)/t12-/m0/s1. The molecule has 0 bridgehead atoms. The van der Waals surface area contributed by atoms with E-state index in [2.05, 4.69) is 10.1 Å². The monoisotopic (exact) mass is 407 g/mol. The number of carbonyl (C=O) groups excluding carboxylic acids is 3. The van der Waals surface area contributed by atoms with Gasteiger partial charge in [-0.3, -0.25) is 9.59 Å². The Morgan fingerprint density at radius 3 is 2.30 bits per heavy atom. The van der Waals surface area contributed by atoms with Gasteiger partial charge in [-0.1, -0.05) is 11.6 Å². The Kier molecular flexibility index (Phi) is 7.69. The molecule has 0 unspecified atom stereocenters. The SMILES string of the molecule is COC(=O)c1ccc(NC(=O)COC(=O)[C@H](C)Sc2ccc(Cl)cc2)cc1. The summed E-state index contributed by atoms with van der Waals surface area (Å²) in [6.45, 7) is 1.30. The second-order valence-electron chi connectivity index (χ2n) is 5.44. The molecule has 27 heavy (non-hydrogen) atoms. The van der Waals surface area contributed by atoms with Crippen LogP contribution in [0.4, 0.5) is 5.69 Å². The van der Waals surface area contributed by atoms with Gasteiger partial charge in [0.2, 0.25) is 0 Å². The molecule has 2 rings (SSSR count). The number of hydrogen-bond acceptors (Lipinski definition) is 6. The van der Waals surface area contributed by atoms with E-state index in [0.29, 0.717) is 16.3 Å². The quantitative estimate of drug-likeness (QED) is 0.555. The second-order valence-corrected chi connectivity index (χ2v) is 7.29. The van der Waals surface area contributed by atoms with Crippen molar-refractivity contribution in [2.45, 2.75) is 17.1 Å². The lowest BCUT2D eigenvalue weighted by molar-refractivity contribution is -0.146. The van der Waals surface area contributed by atoms with Gasteiger partial charge in [0.25, 0.3) is 5.91 Å². The highest BCUT2D eigenvalue weighted by molar-refractivity contribution is 8.00. The topological polar surface area (TPSA) is 81.7 Å². The molecule has 0 radical (unpaired) electrons. The van der Waals surface area contributed by atoms with Crippen LogP contribution < -0.4 is 5.32 Å². The lowest BCUT2D eigenvalue weighted by Crippen LogP contribution is -2.24. The van der Waals surface area contributed by atoms with Crippen molar-refractivity contribution < 1.29 is 23.9 Å². The van der Waals surface area contributed by atoms with Crippen molar-refractivity contribution in [1.29, 1.82) is 0 Å². The second kappa shape index (κ2) is 9.99. The van der Waals surface area contributed by atoms with E-state index in [1.165, 1.54) is 31.0 Å². The van der Waals surface area contributed by atoms with Gasteiger partial charge >= 0.3 is 11.9 Å². The number of benzene rings is 2. The molecule has 0 aliphatic heterocycles. The predicted molar refractivity (Wildman–Crippen MR) is 104 cm³/mol. The Morgan fingerprint density at radius 2 is 1.70 bits per heavy atom. The summed E-state index contributed by atoms with van der Waals surface area (Å²) in [6.07, 6.45) is 0. The molecule has 0 aromatic heterocycles. The fraction of sp³-hybridized carbons (Fsp3) is 0.211. The number of carbonyl (C=O) groups is 3. The van der Waals surface area contributed by atoms with E-state index >= 15 is 0 Å². The molecule has 1 amide bonds. The van der Waals surface area contributed by atoms with Crippen molar-refractivity contribution >= 4 is 46.9 Å². The van der Waals surface area contributed by atoms with Crippen molar-refractivity contribution in [2.75, 3.05) is 19.0 Å². The Morgan fingerprint density at radius 1 is 1.07 bits per heavy atom. The molecule has 0 aliphatic carbocycles. The van der Waals surface area contributed by atoms with Crippen LogP contribution in [0, 0.1) is 0 Å². The number of thioether (sulfide) groups is 1. The molecule has 1 N–H and O–H groups in total. The minimum Gasteiger partial charge on any atom is -0.465 e. The Hall–Kier alpha value is -2.51. The van der Waals surface area contributed by atoms with Gasteiger partial charge in [0.1, 0.15) is 5.25 Å². The highest BCUT2D eigenvalue weighted by Gasteiger charge is 2.17. The molecule has 2 aromatic rings. The lowest BCUT2D eigenvalue weighted by Gasteiger charge is -2.11. The van der Waals surface area contributed by atoms with Crippen LogP contribution in [0.15, 0.2) is 53.4 Å². The third-order valence-corrected chi connectivity index (χ3v) is 4.74. The number of rotatable bonds is 7. The number of nitrogens with one attached hydrogen (secondary N) is 1. The largest absolute Gasteiger partial charge is 0.465 e.